The third-order valence-corrected chi connectivity index (χ3v) is 3.48. The van der Waals surface area contributed by atoms with Crippen molar-refractivity contribution in [2.24, 2.45) is 0 Å². The standard InChI is InChI=1S/C16H20F7NO2/c1-3-25-13(26-4-2)11-24(10-12-8-6-5-7-9-12)14(17,15(18,19)20)16(21,22)23/h5-9,13H,3-4,10-11H2,1-2H3. The van der Waals surface area contributed by atoms with Gasteiger partial charge in [-0.2, -0.15) is 26.3 Å². The summed E-state index contributed by atoms with van der Waals surface area (Å²) in [6.07, 6.45) is -13.9. The number of ether oxygens (including phenoxy) is 2. The van der Waals surface area contributed by atoms with Crippen molar-refractivity contribution in [3.63, 3.8) is 0 Å². The first-order chi connectivity index (χ1) is 12.0. The molecule has 0 unspecified atom stereocenters. The van der Waals surface area contributed by atoms with Crippen LogP contribution in [0.4, 0.5) is 30.7 Å². The van der Waals surface area contributed by atoms with Crippen molar-refractivity contribution in [1.82, 2.24) is 4.90 Å². The van der Waals surface area contributed by atoms with Gasteiger partial charge in [0, 0.05) is 19.8 Å². The van der Waals surface area contributed by atoms with Crippen molar-refractivity contribution in [1.29, 1.82) is 0 Å². The number of hydrogen-bond acceptors (Lipinski definition) is 3. The molecule has 1 aromatic rings. The smallest absolute Gasteiger partial charge is 0.352 e. The molecule has 0 heterocycles. The van der Waals surface area contributed by atoms with E-state index in [1.807, 2.05) is 0 Å². The van der Waals surface area contributed by atoms with Gasteiger partial charge in [-0.05, 0) is 19.4 Å². The fourth-order valence-corrected chi connectivity index (χ4v) is 2.33. The average Bonchev–Trinajstić information content (AvgIpc) is 2.52. The van der Waals surface area contributed by atoms with E-state index in [0.717, 1.165) is 0 Å². The van der Waals surface area contributed by atoms with Gasteiger partial charge < -0.3 is 9.47 Å². The average molecular weight is 391 g/mol. The number of hydrogen-bond donors (Lipinski definition) is 0. The van der Waals surface area contributed by atoms with Crippen LogP contribution >= 0.6 is 0 Å². The lowest BCUT2D eigenvalue weighted by Crippen LogP contribution is -2.65. The van der Waals surface area contributed by atoms with Gasteiger partial charge in [0.05, 0.1) is 6.54 Å². The molecule has 0 atom stereocenters. The van der Waals surface area contributed by atoms with Crippen LogP contribution in [0.5, 0.6) is 0 Å². The molecule has 10 heteroatoms. The van der Waals surface area contributed by atoms with E-state index in [-0.39, 0.29) is 23.7 Å². The Morgan fingerprint density at radius 1 is 0.846 bits per heavy atom. The normalized spacial score (nSPS) is 13.7. The maximum Gasteiger partial charge on any atom is 0.446 e. The van der Waals surface area contributed by atoms with E-state index in [1.165, 1.54) is 44.2 Å². The van der Waals surface area contributed by atoms with Gasteiger partial charge in [0.25, 0.3) is 0 Å². The summed E-state index contributed by atoms with van der Waals surface area (Å²) in [4.78, 5) is -0.349. The predicted molar refractivity (Wildman–Crippen MR) is 79.8 cm³/mol. The van der Waals surface area contributed by atoms with Crippen LogP contribution < -0.4 is 0 Å². The van der Waals surface area contributed by atoms with Gasteiger partial charge in [0.1, 0.15) is 0 Å². The summed E-state index contributed by atoms with van der Waals surface area (Å²) >= 11 is 0. The van der Waals surface area contributed by atoms with Gasteiger partial charge in [0.2, 0.25) is 0 Å². The third-order valence-electron chi connectivity index (χ3n) is 3.48. The SMILES string of the molecule is CCOC(CN(Cc1ccccc1)C(F)(C(F)(F)F)C(F)(F)F)OCC. The molecule has 0 amide bonds. The summed E-state index contributed by atoms with van der Waals surface area (Å²) in [5.74, 6) is -5.55. The van der Waals surface area contributed by atoms with E-state index < -0.39 is 37.5 Å². The molecule has 0 spiro atoms. The Balaban J connectivity index is 3.31. The Kier molecular flexibility index (Phi) is 7.85. The molecule has 1 aromatic carbocycles. The van der Waals surface area contributed by atoms with Crippen molar-refractivity contribution in [3.8, 4) is 0 Å². The molecule has 150 valence electrons. The molecule has 26 heavy (non-hydrogen) atoms. The molecular formula is C16H20F7NO2. The summed E-state index contributed by atoms with van der Waals surface area (Å²) in [6.45, 7) is 0.926. The molecule has 0 aromatic heterocycles. The zero-order valence-electron chi connectivity index (χ0n) is 14.2. The van der Waals surface area contributed by atoms with E-state index in [1.54, 1.807) is 0 Å². The minimum absolute atomic E-state index is 0.0266. The van der Waals surface area contributed by atoms with Crippen LogP contribution in [0.2, 0.25) is 0 Å². The monoisotopic (exact) mass is 391 g/mol. The number of halogens is 7. The first-order valence-corrected chi connectivity index (χ1v) is 7.81. The maximum atomic E-state index is 14.6. The van der Waals surface area contributed by atoms with Gasteiger partial charge in [-0.3, -0.25) is 0 Å². The molecule has 0 radical (unpaired) electrons. The summed E-state index contributed by atoms with van der Waals surface area (Å²) in [6, 6.07) is 6.99. The predicted octanol–water partition coefficient (Wildman–Crippen LogP) is 4.68. The molecule has 0 aliphatic rings. The van der Waals surface area contributed by atoms with Crippen LogP contribution in [0.1, 0.15) is 19.4 Å². The van der Waals surface area contributed by atoms with E-state index in [9.17, 15) is 30.7 Å². The van der Waals surface area contributed by atoms with Gasteiger partial charge in [-0.15, -0.1) is 0 Å². The molecule has 0 aliphatic carbocycles. The van der Waals surface area contributed by atoms with E-state index in [0.29, 0.717) is 0 Å². The summed E-state index contributed by atoms with van der Waals surface area (Å²) < 4.78 is 104. The second-order valence-corrected chi connectivity index (χ2v) is 5.32. The highest BCUT2D eigenvalue weighted by molar-refractivity contribution is 5.15. The Labute approximate surface area is 146 Å². The Morgan fingerprint density at radius 3 is 1.69 bits per heavy atom. The molecule has 0 aliphatic heterocycles. The van der Waals surface area contributed by atoms with Crippen molar-refractivity contribution in [3.05, 3.63) is 35.9 Å². The fourth-order valence-electron chi connectivity index (χ4n) is 2.33. The van der Waals surface area contributed by atoms with Gasteiger partial charge >= 0.3 is 18.1 Å². The second kappa shape index (κ2) is 9.01. The maximum absolute atomic E-state index is 14.6. The van der Waals surface area contributed by atoms with Crippen molar-refractivity contribution < 1.29 is 40.2 Å². The van der Waals surface area contributed by atoms with Crippen molar-refractivity contribution in [2.75, 3.05) is 19.8 Å². The van der Waals surface area contributed by atoms with Gasteiger partial charge in [-0.25, -0.2) is 9.29 Å². The summed E-state index contributed by atoms with van der Waals surface area (Å²) in [7, 11) is 0. The fraction of sp³-hybridized carbons (Fsp3) is 0.625. The molecule has 0 fully saturated rings. The number of alkyl halides is 7. The van der Waals surface area contributed by atoms with Crippen LogP contribution in [-0.2, 0) is 16.0 Å². The van der Waals surface area contributed by atoms with Crippen LogP contribution in [0.25, 0.3) is 0 Å². The van der Waals surface area contributed by atoms with E-state index >= 15 is 0 Å². The van der Waals surface area contributed by atoms with E-state index in [4.69, 9.17) is 9.47 Å². The van der Waals surface area contributed by atoms with E-state index in [2.05, 4.69) is 0 Å². The largest absolute Gasteiger partial charge is 0.446 e. The topological polar surface area (TPSA) is 21.7 Å². The second-order valence-electron chi connectivity index (χ2n) is 5.32. The summed E-state index contributed by atoms with van der Waals surface area (Å²) in [5, 5.41) is 0. The van der Waals surface area contributed by atoms with Crippen LogP contribution in [0.3, 0.4) is 0 Å². The van der Waals surface area contributed by atoms with Crippen LogP contribution in [0.15, 0.2) is 30.3 Å². The molecule has 0 bridgehead atoms. The zero-order valence-corrected chi connectivity index (χ0v) is 14.2. The molecule has 0 N–H and O–H groups in total. The highest BCUT2D eigenvalue weighted by Crippen LogP contribution is 2.49. The molecule has 0 saturated carbocycles. The minimum Gasteiger partial charge on any atom is -0.352 e. The lowest BCUT2D eigenvalue weighted by atomic mass is 10.1. The molecule has 1 rings (SSSR count). The zero-order chi connectivity index (χ0) is 20.0. The third kappa shape index (κ3) is 5.31. The molecule has 0 saturated heterocycles. The van der Waals surface area contributed by atoms with Crippen LogP contribution in [-0.4, -0.2) is 49.1 Å². The minimum atomic E-state index is -6.21. The summed E-state index contributed by atoms with van der Waals surface area (Å²) in [5.41, 5.74) is 0.0785. The lowest BCUT2D eigenvalue weighted by Gasteiger charge is -2.40. The number of nitrogens with zero attached hydrogens (tertiary/aromatic N) is 1. The lowest BCUT2D eigenvalue weighted by molar-refractivity contribution is -0.394. The molecule has 3 nitrogen and oxygen atoms in total. The van der Waals surface area contributed by atoms with Gasteiger partial charge in [-0.1, -0.05) is 30.3 Å². The Morgan fingerprint density at radius 2 is 1.31 bits per heavy atom. The Bertz CT molecular complexity index is 514. The number of benzene rings is 1. The molecular weight excluding hydrogens is 371 g/mol. The highest BCUT2D eigenvalue weighted by Gasteiger charge is 2.75. The number of rotatable bonds is 9. The van der Waals surface area contributed by atoms with Gasteiger partial charge in [0.15, 0.2) is 6.29 Å². The first kappa shape index (κ1) is 22.7. The quantitative estimate of drug-likeness (QED) is 0.347. The van der Waals surface area contributed by atoms with Crippen LogP contribution in [0, 0.1) is 0 Å². The van der Waals surface area contributed by atoms with Crippen molar-refractivity contribution in [2.45, 2.75) is 44.8 Å². The Hall–Kier alpha value is -1.39. The highest BCUT2D eigenvalue weighted by atomic mass is 19.4. The van der Waals surface area contributed by atoms with Crippen molar-refractivity contribution >= 4 is 0 Å². The first-order valence-electron chi connectivity index (χ1n) is 7.81.